The molecule has 5 rings (SSSR count). The molecule has 1 fully saturated rings. The monoisotopic (exact) mass is 584 g/mol. The molecule has 8 nitrogen and oxygen atoms in total. The van der Waals surface area contributed by atoms with Gasteiger partial charge >= 0.3 is 0 Å². The van der Waals surface area contributed by atoms with Gasteiger partial charge in [0.15, 0.2) is 5.67 Å². The number of sulfonamides is 2. The lowest BCUT2D eigenvalue weighted by atomic mass is 9.93. The first-order valence-electron chi connectivity index (χ1n) is 11.9. The number of carbonyl (C=O) groups excluding carboxylic acids is 1. The molecule has 206 valence electrons. The van der Waals surface area contributed by atoms with Crippen molar-refractivity contribution in [2.75, 3.05) is 22.2 Å². The second-order valence-corrected chi connectivity index (χ2v) is 12.8. The largest absolute Gasteiger partial charge is 0.374 e. The van der Waals surface area contributed by atoms with Crippen LogP contribution in [0.3, 0.4) is 0 Å². The number of hydrogen-bond donors (Lipinski definition) is 1. The molecule has 0 aliphatic carbocycles. The minimum absolute atomic E-state index is 0.0197. The molecule has 0 saturated carbocycles. The van der Waals surface area contributed by atoms with E-state index in [9.17, 15) is 26.0 Å². The zero-order chi connectivity index (χ0) is 28.5. The first kappa shape index (κ1) is 27.4. The van der Waals surface area contributed by atoms with Gasteiger partial charge in [-0.25, -0.2) is 25.6 Å². The molecule has 1 aliphatic heterocycles. The summed E-state index contributed by atoms with van der Waals surface area (Å²) in [5, 5.41) is 2.51. The van der Waals surface area contributed by atoms with E-state index in [2.05, 4.69) is 5.32 Å². The number of benzene rings is 4. The van der Waals surface area contributed by atoms with Crippen molar-refractivity contribution < 1.29 is 35.1 Å². The van der Waals surface area contributed by atoms with E-state index in [0.717, 1.165) is 18.2 Å². The SMILES string of the molecule is O=C(Nc1ccc(F)c(N(S(=O)(=O)c2ccccc2)S(=O)(=O)c2ccccc2)c1)c1ccc(C2(F)COC2)cc1. The van der Waals surface area contributed by atoms with Gasteiger partial charge in [-0.1, -0.05) is 48.5 Å². The maximum Gasteiger partial charge on any atom is 0.277 e. The number of rotatable bonds is 8. The van der Waals surface area contributed by atoms with Crippen LogP contribution in [0.2, 0.25) is 0 Å². The van der Waals surface area contributed by atoms with Crippen molar-refractivity contribution in [2.45, 2.75) is 15.5 Å². The Hall–Kier alpha value is -4.13. The lowest BCUT2D eigenvalue weighted by Gasteiger charge is -2.34. The third-order valence-electron chi connectivity index (χ3n) is 6.25. The van der Waals surface area contributed by atoms with Crippen LogP contribution in [0.15, 0.2) is 113 Å². The number of alkyl halides is 1. The standard InChI is InChI=1S/C28H22F2N2O6S2/c29-25-16-15-22(31-27(33)20-11-13-21(14-12-20)28(30)18-38-19-28)17-26(25)32(39(34,35)23-7-3-1-4-8-23)40(36,37)24-9-5-2-6-10-24/h1-17H,18-19H2,(H,31,33). The van der Waals surface area contributed by atoms with Crippen LogP contribution in [0.5, 0.6) is 0 Å². The molecule has 1 heterocycles. The Morgan fingerprint density at radius 1 is 0.775 bits per heavy atom. The molecule has 12 heteroatoms. The molecule has 0 atom stereocenters. The number of anilines is 2. The molecule has 1 saturated heterocycles. The number of halogens is 2. The Balaban J connectivity index is 1.53. The Morgan fingerprint density at radius 3 is 1.77 bits per heavy atom. The maximum atomic E-state index is 15.2. The van der Waals surface area contributed by atoms with Crippen molar-refractivity contribution in [3.63, 3.8) is 0 Å². The molecular weight excluding hydrogens is 562 g/mol. The van der Waals surface area contributed by atoms with E-state index in [1.807, 2.05) is 0 Å². The summed E-state index contributed by atoms with van der Waals surface area (Å²) in [5.74, 6) is -1.82. The molecule has 4 aromatic carbocycles. The summed E-state index contributed by atoms with van der Waals surface area (Å²) in [4.78, 5) is 12.1. The zero-order valence-electron chi connectivity index (χ0n) is 20.7. The van der Waals surface area contributed by atoms with Crippen molar-refractivity contribution in [2.24, 2.45) is 0 Å². The summed E-state index contributed by atoms with van der Waals surface area (Å²) in [7, 11) is -9.70. The molecule has 0 aromatic heterocycles. The lowest BCUT2D eigenvalue weighted by Crippen LogP contribution is -2.42. The van der Waals surface area contributed by atoms with Crippen molar-refractivity contribution in [1.29, 1.82) is 0 Å². The van der Waals surface area contributed by atoms with Crippen LogP contribution in [0.1, 0.15) is 15.9 Å². The minimum atomic E-state index is -4.85. The van der Waals surface area contributed by atoms with E-state index in [1.165, 1.54) is 72.8 Å². The Kier molecular flexibility index (Phi) is 7.17. The number of carbonyl (C=O) groups is 1. The predicted molar refractivity (Wildman–Crippen MR) is 144 cm³/mol. The van der Waals surface area contributed by atoms with Crippen LogP contribution in [0, 0.1) is 5.82 Å². The van der Waals surface area contributed by atoms with Crippen molar-refractivity contribution in [3.8, 4) is 0 Å². The molecule has 0 radical (unpaired) electrons. The van der Waals surface area contributed by atoms with Crippen LogP contribution < -0.4 is 9.03 Å². The van der Waals surface area contributed by atoms with E-state index < -0.39 is 43.1 Å². The maximum absolute atomic E-state index is 15.2. The number of hydrogen-bond acceptors (Lipinski definition) is 6. The molecule has 1 aliphatic rings. The van der Waals surface area contributed by atoms with Gasteiger partial charge in [-0.2, -0.15) is 3.71 Å². The van der Waals surface area contributed by atoms with Gasteiger partial charge in [-0.15, -0.1) is 0 Å². The van der Waals surface area contributed by atoms with E-state index in [-0.39, 0.29) is 38.0 Å². The van der Waals surface area contributed by atoms with Gasteiger partial charge in [-0.05, 0) is 60.2 Å². The smallest absolute Gasteiger partial charge is 0.277 e. The molecule has 4 aromatic rings. The first-order chi connectivity index (χ1) is 19.0. The topological polar surface area (TPSA) is 110 Å². The van der Waals surface area contributed by atoms with Crippen LogP contribution in [0.4, 0.5) is 20.2 Å². The molecule has 1 amide bonds. The second kappa shape index (κ2) is 10.5. The number of amides is 1. The Labute approximate surface area is 229 Å². The Morgan fingerprint density at radius 2 is 1.30 bits per heavy atom. The van der Waals surface area contributed by atoms with Crippen LogP contribution in [-0.2, 0) is 30.5 Å². The van der Waals surface area contributed by atoms with Gasteiger partial charge in [0.2, 0.25) is 0 Å². The summed E-state index contributed by atoms with van der Waals surface area (Å²) in [6.45, 7) is -0.156. The third-order valence-corrected chi connectivity index (χ3v) is 10.4. The second-order valence-electron chi connectivity index (χ2n) is 8.99. The summed E-state index contributed by atoms with van der Waals surface area (Å²) < 4.78 is 89.3. The molecular formula is C28H22F2N2O6S2. The summed E-state index contributed by atoms with van der Waals surface area (Å²) in [5.41, 5.74) is -2.00. The van der Waals surface area contributed by atoms with E-state index in [0.29, 0.717) is 5.56 Å². The molecule has 0 unspecified atom stereocenters. The summed E-state index contributed by atoms with van der Waals surface area (Å²) in [6.07, 6.45) is 0. The first-order valence-corrected chi connectivity index (χ1v) is 14.8. The Bertz CT molecular complexity index is 1690. The highest BCUT2D eigenvalue weighted by Gasteiger charge is 2.41. The highest BCUT2D eigenvalue weighted by molar-refractivity contribution is 8.10. The molecule has 1 N–H and O–H groups in total. The zero-order valence-corrected chi connectivity index (χ0v) is 22.3. The normalized spacial score (nSPS) is 14.7. The highest BCUT2D eigenvalue weighted by Crippen LogP contribution is 2.35. The average Bonchev–Trinajstić information content (AvgIpc) is 2.94. The number of nitrogens with one attached hydrogen (secondary N) is 1. The molecule has 0 bridgehead atoms. The number of ether oxygens (including phenoxy) is 1. The van der Waals surface area contributed by atoms with Crippen molar-refractivity contribution in [3.05, 3.63) is 120 Å². The van der Waals surface area contributed by atoms with E-state index in [1.54, 1.807) is 12.1 Å². The van der Waals surface area contributed by atoms with Crippen LogP contribution >= 0.6 is 0 Å². The van der Waals surface area contributed by atoms with Crippen LogP contribution in [0.25, 0.3) is 0 Å². The highest BCUT2D eigenvalue weighted by atomic mass is 32.3. The van der Waals surface area contributed by atoms with Crippen LogP contribution in [-0.4, -0.2) is 36.0 Å². The van der Waals surface area contributed by atoms with E-state index in [4.69, 9.17) is 4.74 Å². The fourth-order valence-corrected chi connectivity index (χ4v) is 7.80. The molecule has 40 heavy (non-hydrogen) atoms. The molecule has 0 spiro atoms. The predicted octanol–water partition coefficient (Wildman–Crippen LogP) is 4.86. The van der Waals surface area contributed by atoms with E-state index >= 15 is 4.39 Å². The summed E-state index contributed by atoms with van der Waals surface area (Å²) >= 11 is 0. The van der Waals surface area contributed by atoms with Gasteiger partial charge < -0.3 is 10.1 Å². The summed E-state index contributed by atoms with van der Waals surface area (Å²) in [6, 6.07) is 22.1. The quantitative estimate of drug-likeness (QED) is 0.317. The lowest BCUT2D eigenvalue weighted by molar-refractivity contribution is -0.135. The van der Waals surface area contributed by atoms with Gasteiger partial charge in [0.1, 0.15) is 11.5 Å². The van der Waals surface area contributed by atoms with Gasteiger partial charge in [0.25, 0.3) is 26.0 Å². The van der Waals surface area contributed by atoms with Gasteiger partial charge in [-0.3, -0.25) is 4.79 Å². The van der Waals surface area contributed by atoms with Crippen molar-refractivity contribution in [1.82, 2.24) is 0 Å². The number of nitrogens with zero attached hydrogens (tertiary/aromatic N) is 1. The fraction of sp³-hybridized carbons (Fsp3) is 0.107. The minimum Gasteiger partial charge on any atom is -0.374 e. The third kappa shape index (κ3) is 5.08. The average molecular weight is 585 g/mol. The fourth-order valence-electron chi connectivity index (χ4n) is 4.07. The van der Waals surface area contributed by atoms with Gasteiger partial charge in [0.05, 0.1) is 23.0 Å². The van der Waals surface area contributed by atoms with Gasteiger partial charge in [0, 0.05) is 11.3 Å². The van der Waals surface area contributed by atoms with Crippen molar-refractivity contribution >= 4 is 37.3 Å².